The first-order valence-corrected chi connectivity index (χ1v) is 12.6. The number of carbonyl (C=O) groups excluding carboxylic acids is 3. The van der Waals surface area contributed by atoms with Crippen LogP contribution in [0.5, 0.6) is 0 Å². The zero-order chi connectivity index (χ0) is 25.9. The molecule has 3 amide bonds. The van der Waals surface area contributed by atoms with E-state index in [4.69, 9.17) is 4.74 Å². The van der Waals surface area contributed by atoms with Crippen molar-refractivity contribution < 1.29 is 19.1 Å². The van der Waals surface area contributed by atoms with Crippen molar-refractivity contribution >= 4 is 17.9 Å². The number of hydrogen-bond acceptors (Lipinski definition) is 4. The molecule has 3 unspecified atom stereocenters. The predicted molar refractivity (Wildman–Crippen MR) is 136 cm³/mol. The van der Waals surface area contributed by atoms with E-state index in [1.807, 2.05) is 52.0 Å². The van der Waals surface area contributed by atoms with Crippen LogP contribution in [0.1, 0.15) is 91.3 Å². The Kier molecular flexibility index (Phi) is 12.1. The lowest BCUT2D eigenvalue weighted by atomic mass is 9.95. The van der Waals surface area contributed by atoms with Gasteiger partial charge in [0, 0.05) is 13.1 Å². The molecule has 0 spiro atoms. The molecule has 192 valence electrons. The van der Waals surface area contributed by atoms with E-state index in [0.717, 1.165) is 30.4 Å². The van der Waals surface area contributed by atoms with Crippen LogP contribution in [-0.4, -0.2) is 47.5 Å². The number of nitrogens with zero attached hydrogens (tertiary/aromatic N) is 1. The molecule has 3 atom stereocenters. The van der Waals surface area contributed by atoms with Gasteiger partial charge in [0.15, 0.2) is 0 Å². The number of ether oxygens (including phenoxy) is 1. The highest BCUT2D eigenvalue weighted by Crippen LogP contribution is 2.25. The summed E-state index contributed by atoms with van der Waals surface area (Å²) in [6.45, 7) is 16.1. The quantitative estimate of drug-likeness (QED) is 0.410. The number of carbonyl (C=O) groups is 3. The lowest BCUT2D eigenvalue weighted by molar-refractivity contribution is -0.143. The largest absolute Gasteiger partial charge is 0.444 e. The molecule has 0 saturated carbocycles. The van der Waals surface area contributed by atoms with Crippen molar-refractivity contribution in [1.82, 2.24) is 15.5 Å². The molecular weight excluding hydrogens is 430 g/mol. The summed E-state index contributed by atoms with van der Waals surface area (Å²) in [4.78, 5) is 41.3. The highest BCUT2D eigenvalue weighted by Gasteiger charge is 2.37. The predicted octanol–water partition coefficient (Wildman–Crippen LogP) is 5.13. The smallest absolute Gasteiger partial charge is 0.408 e. The summed E-state index contributed by atoms with van der Waals surface area (Å²) in [5, 5.41) is 5.78. The number of unbranched alkanes of at least 4 members (excludes halogenated alkanes) is 2. The van der Waals surface area contributed by atoms with E-state index < -0.39 is 23.8 Å². The third kappa shape index (κ3) is 9.35. The first-order chi connectivity index (χ1) is 15.9. The summed E-state index contributed by atoms with van der Waals surface area (Å²) < 4.78 is 5.41. The molecule has 0 saturated heterocycles. The maximum absolute atomic E-state index is 13.8. The number of nitrogens with one attached hydrogen (secondary N) is 2. The van der Waals surface area contributed by atoms with Crippen molar-refractivity contribution in [2.45, 2.75) is 98.8 Å². The van der Waals surface area contributed by atoms with E-state index in [1.54, 1.807) is 25.7 Å². The summed E-state index contributed by atoms with van der Waals surface area (Å²) in [7, 11) is 0. The lowest BCUT2D eigenvalue weighted by Crippen LogP contribution is -2.55. The van der Waals surface area contributed by atoms with Gasteiger partial charge in [0.25, 0.3) is 0 Å². The van der Waals surface area contributed by atoms with Crippen molar-refractivity contribution in [1.29, 1.82) is 0 Å². The Balaban J connectivity index is 3.28. The molecule has 1 rings (SSSR count). The number of aryl methyl sites for hydroxylation is 1. The van der Waals surface area contributed by atoms with Crippen LogP contribution in [0.25, 0.3) is 0 Å². The third-order valence-electron chi connectivity index (χ3n) is 5.81. The van der Waals surface area contributed by atoms with Crippen molar-refractivity contribution in [3.63, 3.8) is 0 Å². The fourth-order valence-corrected chi connectivity index (χ4v) is 3.67. The van der Waals surface area contributed by atoms with Gasteiger partial charge in [0.1, 0.15) is 17.7 Å². The summed E-state index contributed by atoms with van der Waals surface area (Å²) in [6, 6.07) is 6.07. The normalized spacial score (nSPS) is 14.0. The van der Waals surface area contributed by atoms with Gasteiger partial charge < -0.3 is 20.3 Å². The second-order valence-corrected chi connectivity index (χ2v) is 9.95. The van der Waals surface area contributed by atoms with Gasteiger partial charge in [0.2, 0.25) is 11.8 Å². The van der Waals surface area contributed by atoms with Crippen molar-refractivity contribution in [2.24, 2.45) is 5.92 Å². The molecule has 0 aliphatic rings. The van der Waals surface area contributed by atoms with Crippen molar-refractivity contribution in [2.75, 3.05) is 13.1 Å². The number of rotatable bonds is 12. The monoisotopic (exact) mass is 475 g/mol. The third-order valence-corrected chi connectivity index (χ3v) is 5.81. The molecule has 34 heavy (non-hydrogen) atoms. The standard InChI is InChI=1S/C27H45N3O4/c1-9-12-13-18-28-24(31)23(21-16-14-19(4)15-17-21)30(11-3)25(32)22(20(5)10-2)29-26(33)34-27(6,7)8/h14-17,20,22-23H,9-13,18H2,1-8H3,(H,28,31)(H,29,33). The maximum atomic E-state index is 13.8. The molecule has 0 aliphatic carbocycles. The van der Waals surface area contributed by atoms with Crippen LogP contribution in [0.2, 0.25) is 0 Å². The van der Waals surface area contributed by atoms with E-state index in [-0.39, 0.29) is 17.7 Å². The molecule has 1 aromatic carbocycles. The first-order valence-electron chi connectivity index (χ1n) is 12.6. The summed E-state index contributed by atoms with van der Waals surface area (Å²) in [6.07, 6.45) is 3.02. The fourth-order valence-electron chi connectivity index (χ4n) is 3.67. The molecule has 7 heteroatoms. The lowest BCUT2D eigenvalue weighted by Gasteiger charge is -2.35. The number of benzene rings is 1. The Labute approximate surface area is 206 Å². The number of amides is 3. The van der Waals surface area contributed by atoms with Gasteiger partial charge in [0.05, 0.1) is 0 Å². The Hall–Kier alpha value is -2.57. The Morgan fingerprint density at radius 1 is 1.03 bits per heavy atom. The number of hydrogen-bond donors (Lipinski definition) is 2. The van der Waals surface area contributed by atoms with Crippen LogP contribution in [-0.2, 0) is 14.3 Å². The molecule has 1 aromatic rings. The summed E-state index contributed by atoms with van der Waals surface area (Å²) >= 11 is 0. The minimum absolute atomic E-state index is 0.139. The van der Waals surface area contributed by atoms with E-state index in [9.17, 15) is 14.4 Å². The molecule has 2 N–H and O–H groups in total. The zero-order valence-corrected chi connectivity index (χ0v) is 22.4. The molecule has 0 heterocycles. The second-order valence-electron chi connectivity index (χ2n) is 9.95. The molecule has 0 aliphatic heterocycles. The van der Waals surface area contributed by atoms with Gasteiger partial charge >= 0.3 is 6.09 Å². The molecule has 7 nitrogen and oxygen atoms in total. The van der Waals surface area contributed by atoms with Gasteiger partial charge in [-0.1, -0.05) is 69.9 Å². The van der Waals surface area contributed by atoms with Gasteiger partial charge in [-0.25, -0.2) is 4.79 Å². The van der Waals surface area contributed by atoms with Crippen molar-refractivity contribution in [3.8, 4) is 0 Å². The minimum Gasteiger partial charge on any atom is -0.444 e. The highest BCUT2D eigenvalue weighted by atomic mass is 16.6. The van der Waals surface area contributed by atoms with Crippen LogP contribution in [0, 0.1) is 12.8 Å². The topological polar surface area (TPSA) is 87.7 Å². The Morgan fingerprint density at radius 2 is 1.65 bits per heavy atom. The van der Waals surface area contributed by atoms with E-state index in [1.165, 1.54) is 0 Å². The van der Waals surface area contributed by atoms with E-state index >= 15 is 0 Å². The SMILES string of the molecule is CCCCCNC(=O)C(c1ccc(C)cc1)N(CC)C(=O)C(NC(=O)OC(C)(C)C)C(C)CC. The zero-order valence-electron chi connectivity index (χ0n) is 22.4. The van der Waals surface area contributed by atoms with Gasteiger partial charge in [-0.3, -0.25) is 9.59 Å². The van der Waals surface area contributed by atoms with Crippen LogP contribution < -0.4 is 10.6 Å². The average molecular weight is 476 g/mol. The highest BCUT2D eigenvalue weighted by molar-refractivity contribution is 5.92. The van der Waals surface area contributed by atoms with E-state index in [0.29, 0.717) is 19.5 Å². The van der Waals surface area contributed by atoms with Crippen LogP contribution >= 0.6 is 0 Å². The van der Waals surface area contributed by atoms with Crippen LogP contribution in [0.4, 0.5) is 4.79 Å². The Bertz CT molecular complexity index is 786. The van der Waals surface area contributed by atoms with Gasteiger partial charge in [-0.2, -0.15) is 0 Å². The average Bonchev–Trinajstić information content (AvgIpc) is 2.77. The molecule has 0 aromatic heterocycles. The summed E-state index contributed by atoms with van der Waals surface area (Å²) in [5.74, 6) is -0.646. The minimum atomic E-state index is -0.805. The number of alkyl carbamates (subject to hydrolysis) is 1. The van der Waals surface area contributed by atoms with Crippen LogP contribution in [0.15, 0.2) is 24.3 Å². The van der Waals surface area contributed by atoms with Crippen LogP contribution in [0.3, 0.4) is 0 Å². The van der Waals surface area contributed by atoms with E-state index in [2.05, 4.69) is 17.6 Å². The first kappa shape index (κ1) is 29.5. The number of likely N-dealkylation sites (N-methyl/N-ethyl adjacent to an activating group) is 1. The van der Waals surface area contributed by atoms with Gasteiger partial charge in [-0.05, 0) is 52.5 Å². The maximum Gasteiger partial charge on any atom is 0.408 e. The molecule has 0 radical (unpaired) electrons. The molecule has 0 bridgehead atoms. The van der Waals surface area contributed by atoms with Gasteiger partial charge in [-0.15, -0.1) is 0 Å². The second kappa shape index (κ2) is 14.0. The van der Waals surface area contributed by atoms with Crippen molar-refractivity contribution in [3.05, 3.63) is 35.4 Å². The molecular formula is C27H45N3O4. The summed E-state index contributed by atoms with van der Waals surface area (Å²) in [5.41, 5.74) is 1.14. The fraction of sp³-hybridized carbons (Fsp3) is 0.667. The Morgan fingerprint density at radius 3 is 2.15 bits per heavy atom. The molecule has 0 fully saturated rings.